The van der Waals surface area contributed by atoms with Crippen LogP contribution in [0.5, 0.6) is 0 Å². The van der Waals surface area contributed by atoms with Gasteiger partial charge in [-0.05, 0) is 6.07 Å². The van der Waals surface area contributed by atoms with Crippen molar-refractivity contribution in [3.05, 3.63) is 164 Å². The van der Waals surface area contributed by atoms with Crippen molar-refractivity contribution >= 4 is 21.7 Å². The van der Waals surface area contributed by atoms with Gasteiger partial charge >= 0.3 is 0 Å². The number of para-hydroxylation sites is 1. The maximum atomic E-state index is 5.38. The molecule has 243 valence electrons. The zero-order chi connectivity index (χ0) is 33.0. The maximum absolute atomic E-state index is 5.38. The number of benzene rings is 6. The van der Waals surface area contributed by atoms with Crippen molar-refractivity contribution in [2.24, 2.45) is 7.05 Å². The normalized spacial score (nSPS) is 10.7. The van der Waals surface area contributed by atoms with E-state index in [0.717, 1.165) is 55.7 Å². The molecule has 9 aromatic rings. The molecule has 0 amide bonds. The molecule has 0 aliphatic rings. The van der Waals surface area contributed by atoms with Gasteiger partial charge in [0.05, 0.1) is 5.82 Å². The van der Waals surface area contributed by atoms with Crippen LogP contribution in [0.25, 0.3) is 78.6 Å². The molecule has 0 fully saturated rings. The van der Waals surface area contributed by atoms with E-state index in [-0.39, 0.29) is 20.1 Å². The summed E-state index contributed by atoms with van der Waals surface area (Å²) in [5, 5.41) is 7.56. The summed E-state index contributed by atoms with van der Waals surface area (Å²) in [7, 11) is 1.97. The molecule has 6 aromatic carbocycles. The van der Waals surface area contributed by atoms with Crippen molar-refractivity contribution in [1.82, 2.24) is 29.7 Å². The van der Waals surface area contributed by atoms with Gasteiger partial charge in [0.2, 0.25) is 0 Å². The number of nitrogens with zero attached hydrogens (tertiary/aromatic N) is 6. The first-order chi connectivity index (χ1) is 24.2. The monoisotopic (exact) mass is 825 g/mol. The van der Waals surface area contributed by atoms with Gasteiger partial charge in [0.15, 0.2) is 17.2 Å². The molecule has 1 radical (unpaired) electrons. The van der Waals surface area contributed by atoms with E-state index < -0.39 is 0 Å². The molecule has 0 saturated carbocycles. The summed E-state index contributed by atoms with van der Waals surface area (Å²) < 4.78 is 7.35. The molecule has 0 saturated heterocycles. The summed E-state index contributed by atoms with van der Waals surface area (Å²) in [6, 6.07) is 52.5. The summed E-state index contributed by atoms with van der Waals surface area (Å²) in [4.78, 5) is 18.7. The van der Waals surface area contributed by atoms with Crippen LogP contribution in [-0.4, -0.2) is 29.7 Å². The van der Waals surface area contributed by atoms with Crippen molar-refractivity contribution in [1.29, 1.82) is 0 Å². The molecule has 0 N–H and O–H groups in total. The van der Waals surface area contributed by atoms with Crippen LogP contribution in [0.2, 0.25) is 0 Å². The summed E-state index contributed by atoms with van der Waals surface area (Å²) >= 11 is 0. The minimum atomic E-state index is 0. The molecular formula is C42H28IrN6O-2. The van der Waals surface area contributed by atoms with Gasteiger partial charge in [0.25, 0.3) is 0 Å². The Hall–Kier alpha value is -6.08. The zero-order valence-electron chi connectivity index (χ0n) is 26.9. The van der Waals surface area contributed by atoms with Gasteiger partial charge in [-0.3, -0.25) is 4.98 Å². The summed E-state index contributed by atoms with van der Waals surface area (Å²) in [5.41, 5.74) is 6.33. The molecule has 0 aliphatic heterocycles. The van der Waals surface area contributed by atoms with Gasteiger partial charge in [0, 0.05) is 61.8 Å². The van der Waals surface area contributed by atoms with Crippen LogP contribution in [0.15, 0.2) is 156 Å². The van der Waals surface area contributed by atoms with Crippen molar-refractivity contribution in [2.45, 2.75) is 0 Å². The molecule has 0 unspecified atom stereocenters. The fourth-order valence-corrected chi connectivity index (χ4v) is 5.72. The van der Waals surface area contributed by atoms with Gasteiger partial charge in [-0.25, -0.2) is 15.0 Å². The number of fused-ring (bicyclic) bond motifs is 2. The molecule has 0 bridgehead atoms. The van der Waals surface area contributed by atoms with Crippen LogP contribution < -0.4 is 0 Å². The molecular weight excluding hydrogens is 797 g/mol. The van der Waals surface area contributed by atoms with E-state index in [1.165, 1.54) is 5.39 Å². The minimum absolute atomic E-state index is 0. The van der Waals surface area contributed by atoms with Crippen molar-refractivity contribution in [2.75, 3.05) is 0 Å². The van der Waals surface area contributed by atoms with Crippen LogP contribution in [0.1, 0.15) is 0 Å². The molecule has 3 aromatic heterocycles. The van der Waals surface area contributed by atoms with Gasteiger partial charge in [-0.1, -0.05) is 114 Å². The SMILES string of the molecule is Cn1ccnc1-c1[c-]ccc(-c2nc(-c3ccccc3)nc(-c3ccccc3)n2)c1.[Ir].[c-]1ccc2ccccc2c1-c1noc2ccccc12. The number of hydrogen-bond donors (Lipinski definition) is 0. The Balaban J connectivity index is 0.000000169. The Bertz CT molecular complexity index is 2470. The minimum Gasteiger partial charge on any atom is -0.373 e. The molecule has 9 rings (SSSR count). The van der Waals surface area contributed by atoms with E-state index in [1.807, 2.05) is 139 Å². The van der Waals surface area contributed by atoms with Crippen LogP contribution in [0.3, 0.4) is 0 Å². The fraction of sp³-hybridized carbons (Fsp3) is 0.0238. The van der Waals surface area contributed by atoms with E-state index in [1.54, 1.807) is 6.20 Å². The molecule has 0 atom stereocenters. The van der Waals surface area contributed by atoms with Gasteiger partial charge in [-0.15, -0.1) is 64.1 Å². The molecule has 7 nitrogen and oxygen atoms in total. The van der Waals surface area contributed by atoms with E-state index >= 15 is 0 Å². The molecule has 0 aliphatic carbocycles. The fourth-order valence-electron chi connectivity index (χ4n) is 5.72. The zero-order valence-corrected chi connectivity index (χ0v) is 29.3. The Labute approximate surface area is 302 Å². The molecule has 8 heteroatoms. The number of imidazole rings is 1. The smallest absolute Gasteiger partial charge is 0.164 e. The van der Waals surface area contributed by atoms with E-state index in [9.17, 15) is 0 Å². The topological polar surface area (TPSA) is 82.5 Å². The second-order valence-electron chi connectivity index (χ2n) is 11.4. The van der Waals surface area contributed by atoms with E-state index in [4.69, 9.17) is 19.5 Å². The Kier molecular flexibility index (Phi) is 9.47. The quantitative estimate of drug-likeness (QED) is 0.161. The molecule has 3 heterocycles. The van der Waals surface area contributed by atoms with Crippen molar-refractivity contribution in [3.63, 3.8) is 0 Å². The Morgan fingerprint density at radius 2 is 1.20 bits per heavy atom. The van der Waals surface area contributed by atoms with Crippen molar-refractivity contribution < 1.29 is 24.6 Å². The third-order valence-electron chi connectivity index (χ3n) is 8.16. The summed E-state index contributed by atoms with van der Waals surface area (Å²) in [5.74, 6) is 2.75. The van der Waals surface area contributed by atoms with Crippen LogP contribution >= 0.6 is 0 Å². The van der Waals surface area contributed by atoms with Gasteiger partial charge in [-0.2, -0.15) is 0 Å². The third kappa shape index (κ3) is 6.63. The first kappa shape index (κ1) is 32.5. The molecule has 0 spiro atoms. The third-order valence-corrected chi connectivity index (χ3v) is 8.16. The number of aryl methyl sites for hydroxylation is 1. The Morgan fingerprint density at radius 1 is 0.600 bits per heavy atom. The second-order valence-corrected chi connectivity index (χ2v) is 11.4. The standard InChI is InChI=1S/C25H18N5.C17H10NO.Ir/c1-30-16-15-26-25(30)21-14-8-13-20(17-21)24-28-22(18-9-4-2-5-10-18)27-23(29-24)19-11-6-3-7-12-19;1-2-8-13-12(6-1)7-5-10-14(13)17-15-9-3-4-11-16(15)19-18-17;/h2-13,15-17H,1H3;1-9,11H;/q2*-1;. The predicted molar refractivity (Wildman–Crippen MR) is 193 cm³/mol. The van der Waals surface area contributed by atoms with Crippen LogP contribution in [0, 0.1) is 12.1 Å². The van der Waals surface area contributed by atoms with Crippen LogP contribution in [-0.2, 0) is 27.2 Å². The Morgan fingerprint density at radius 3 is 1.88 bits per heavy atom. The first-order valence-electron chi connectivity index (χ1n) is 15.8. The number of hydrogen-bond acceptors (Lipinski definition) is 6. The van der Waals surface area contributed by atoms with Crippen molar-refractivity contribution in [3.8, 4) is 56.8 Å². The predicted octanol–water partition coefficient (Wildman–Crippen LogP) is 9.52. The van der Waals surface area contributed by atoms with E-state index in [2.05, 4.69) is 40.5 Å². The average molecular weight is 825 g/mol. The number of aromatic nitrogens is 6. The average Bonchev–Trinajstić information content (AvgIpc) is 3.82. The summed E-state index contributed by atoms with van der Waals surface area (Å²) in [6.07, 6.45) is 3.69. The number of rotatable bonds is 5. The maximum Gasteiger partial charge on any atom is 0.164 e. The largest absolute Gasteiger partial charge is 0.373 e. The summed E-state index contributed by atoms with van der Waals surface area (Å²) in [6.45, 7) is 0. The van der Waals surface area contributed by atoms with Crippen LogP contribution in [0.4, 0.5) is 0 Å². The first-order valence-corrected chi connectivity index (χ1v) is 15.8. The van der Waals surface area contributed by atoms with Gasteiger partial charge < -0.3 is 9.09 Å². The molecule has 50 heavy (non-hydrogen) atoms. The van der Waals surface area contributed by atoms with Gasteiger partial charge in [0.1, 0.15) is 5.82 Å². The van der Waals surface area contributed by atoms with E-state index in [0.29, 0.717) is 17.5 Å². The second kappa shape index (κ2) is 14.6.